The van der Waals surface area contributed by atoms with Gasteiger partial charge in [-0.15, -0.1) is 0 Å². The molecule has 0 aliphatic carbocycles. The minimum atomic E-state index is -0.0915. The lowest BCUT2D eigenvalue weighted by Gasteiger charge is -2.04. The molecule has 2 aromatic carbocycles. The third-order valence-electron chi connectivity index (χ3n) is 3.79. The van der Waals surface area contributed by atoms with Crippen molar-refractivity contribution in [2.75, 3.05) is 7.05 Å². The zero-order valence-electron chi connectivity index (χ0n) is 13.6. The van der Waals surface area contributed by atoms with Crippen molar-refractivity contribution in [1.82, 2.24) is 5.32 Å². The molecular weight excluding hydrogens is 270 g/mol. The third-order valence-corrected chi connectivity index (χ3v) is 3.79. The Morgan fingerprint density at radius 3 is 2.45 bits per heavy atom. The van der Waals surface area contributed by atoms with E-state index in [2.05, 4.69) is 49.2 Å². The summed E-state index contributed by atoms with van der Waals surface area (Å²) in [5, 5.41) is 2.63. The second-order valence-corrected chi connectivity index (χ2v) is 5.35. The number of hydrogen-bond donors (Lipinski definition) is 1. The van der Waals surface area contributed by atoms with Gasteiger partial charge in [-0.05, 0) is 61.2 Å². The van der Waals surface area contributed by atoms with Gasteiger partial charge in [0.25, 0.3) is 5.91 Å². The Labute approximate surface area is 132 Å². The average molecular weight is 291 g/mol. The number of benzene rings is 2. The van der Waals surface area contributed by atoms with Crippen molar-refractivity contribution in [2.45, 2.75) is 27.2 Å². The molecule has 0 atom stereocenters. The van der Waals surface area contributed by atoms with Crippen molar-refractivity contribution in [3.63, 3.8) is 0 Å². The molecule has 0 spiro atoms. The molecule has 0 fully saturated rings. The van der Waals surface area contributed by atoms with E-state index in [1.54, 1.807) is 7.05 Å². The SMILES string of the molecule is CCc1ccc(C#Cc2cc(C(=O)NC)ccc2C)cc1C. The van der Waals surface area contributed by atoms with Crippen molar-refractivity contribution in [1.29, 1.82) is 0 Å². The van der Waals surface area contributed by atoms with Crippen LogP contribution in [0.25, 0.3) is 0 Å². The number of nitrogens with one attached hydrogen (secondary N) is 1. The number of carbonyl (C=O) groups excluding carboxylic acids is 1. The van der Waals surface area contributed by atoms with Crippen LogP contribution in [0.4, 0.5) is 0 Å². The summed E-state index contributed by atoms with van der Waals surface area (Å²) >= 11 is 0. The molecule has 0 aliphatic rings. The predicted octanol–water partition coefficient (Wildman–Crippen LogP) is 3.63. The van der Waals surface area contributed by atoms with E-state index in [0.717, 1.165) is 23.1 Å². The average Bonchev–Trinajstić information content (AvgIpc) is 2.53. The van der Waals surface area contributed by atoms with Crippen LogP contribution >= 0.6 is 0 Å². The summed E-state index contributed by atoms with van der Waals surface area (Å²) in [6, 6.07) is 11.9. The number of amides is 1. The van der Waals surface area contributed by atoms with Gasteiger partial charge in [0.05, 0.1) is 0 Å². The Morgan fingerprint density at radius 2 is 1.82 bits per heavy atom. The molecule has 0 saturated heterocycles. The van der Waals surface area contributed by atoms with Crippen LogP contribution in [-0.4, -0.2) is 13.0 Å². The van der Waals surface area contributed by atoms with Crippen molar-refractivity contribution < 1.29 is 4.79 Å². The Bertz CT molecular complexity index is 763. The van der Waals surface area contributed by atoms with Gasteiger partial charge in [0.2, 0.25) is 0 Å². The summed E-state index contributed by atoms with van der Waals surface area (Å²) in [5.74, 6) is 6.29. The van der Waals surface area contributed by atoms with Crippen LogP contribution in [0.5, 0.6) is 0 Å². The summed E-state index contributed by atoms with van der Waals surface area (Å²) in [4.78, 5) is 11.7. The molecule has 0 aliphatic heterocycles. The second-order valence-electron chi connectivity index (χ2n) is 5.35. The van der Waals surface area contributed by atoms with Gasteiger partial charge in [0.1, 0.15) is 0 Å². The summed E-state index contributed by atoms with van der Waals surface area (Å²) < 4.78 is 0. The number of rotatable bonds is 2. The van der Waals surface area contributed by atoms with Gasteiger partial charge in [0, 0.05) is 23.7 Å². The molecule has 2 rings (SSSR count). The first-order valence-electron chi connectivity index (χ1n) is 7.49. The molecule has 0 unspecified atom stereocenters. The third kappa shape index (κ3) is 3.56. The van der Waals surface area contributed by atoms with E-state index in [4.69, 9.17) is 0 Å². The van der Waals surface area contributed by atoms with E-state index in [9.17, 15) is 4.79 Å². The highest BCUT2D eigenvalue weighted by molar-refractivity contribution is 5.94. The van der Waals surface area contributed by atoms with Gasteiger partial charge in [-0.3, -0.25) is 4.79 Å². The van der Waals surface area contributed by atoms with Gasteiger partial charge in [-0.2, -0.15) is 0 Å². The maximum absolute atomic E-state index is 11.7. The Balaban J connectivity index is 2.35. The van der Waals surface area contributed by atoms with Crippen LogP contribution in [0.3, 0.4) is 0 Å². The van der Waals surface area contributed by atoms with Crippen LogP contribution in [0.1, 0.15) is 45.1 Å². The quantitative estimate of drug-likeness (QED) is 0.841. The number of aryl methyl sites for hydroxylation is 3. The summed E-state index contributed by atoms with van der Waals surface area (Å²) in [6.45, 7) is 6.27. The van der Waals surface area contributed by atoms with Crippen molar-refractivity contribution in [3.8, 4) is 11.8 Å². The van der Waals surface area contributed by atoms with Gasteiger partial charge in [0.15, 0.2) is 0 Å². The number of carbonyl (C=O) groups is 1. The molecule has 2 heteroatoms. The molecule has 2 aromatic rings. The first kappa shape index (κ1) is 15.9. The van der Waals surface area contributed by atoms with Crippen LogP contribution in [-0.2, 0) is 6.42 Å². The molecule has 1 N–H and O–H groups in total. The molecule has 112 valence electrons. The Hall–Kier alpha value is -2.53. The van der Waals surface area contributed by atoms with Gasteiger partial charge in [-0.1, -0.05) is 30.9 Å². The lowest BCUT2D eigenvalue weighted by Crippen LogP contribution is -2.17. The van der Waals surface area contributed by atoms with Crippen molar-refractivity contribution in [2.24, 2.45) is 0 Å². The van der Waals surface area contributed by atoms with E-state index < -0.39 is 0 Å². The van der Waals surface area contributed by atoms with Crippen LogP contribution < -0.4 is 5.32 Å². The number of hydrogen-bond acceptors (Lipinski definition) is 1. The largest absolute Gasteiger partial charge is 0.355 e. The predicted molar refractivity (Wildman–Crippen MR) is 91.1 cm³/mol. The fourth-order valence-corrected chi connectivity index (χ4v) is 2.35. The molecule has 0 aromatic heterocycles. The first-order valence-corrected chi connectivity index (χ1v) is 7.49. The molecule has 0 radical (unpaired) electrons. The lowest BCUT2D eigenvalue weighted by molar-refractivity contribution is 0.0963. The smallest absolute Gasteiger partial charge is 0.251 e. The fraction of sp³-hybridized carbons (Fsp3) is 0.250. The maximum Gasteiger partial charge on any atom is 0.251 e. The summed E-state index contributed by atoms with van der Waals surface area (Å²) in [7, 11) is 1.63. The molecule has 2 nitrogen and oxygen atoms in total. The second kappa shape index (κ2) is 6.95. The molecule has 1 amide bonds. The highest BCUT2D eigenvalue weighted by Crippen LogP contribution is 2.13. The van der Waals surface area contributed by atoms with Gasteiger partial charge < -0.3 is 5.32 Å². The monoisotopic (exact) mass is 291 g/mol. The zero-order valence-corrected chi connectivity index (χ0v) is 13.6. The first-order chi connectivity index (χ1) is 10.5. The van der Waals surface area contributed by atoms with Crippen molar-refractivity contribution >= 4 is 5.91 Å². The normalized spacial score (nSPS) is 9.82. The highest BCUT2D eigenvalue weighted by atomic mass is 16.1. The minimum absolute atomic E-state index is 0.0915. The fourth-order valence-electron chi connectivity index (χ4n) is 2.35. The van der Waals surface area contributed by atoms with Gasteiger partial charge in [-0.25, -0.2) is 0 Å². The maximum atomic E-state index is 11.7. The molecule has 0 heterocycles. The van der Waals surface area contributed by atoms with Gasteiger partial charge >= 0.3 is 0 Å². The van der Waals surface area contributed by atoms with E-state index in [-0.39, 0.29) is 5.91 Å². The lowest BCUT2D eigenvalue weighted by atomic mass is 10.0. The summed E-state index contributed by atoms with van der Waals surface area (Å²) in [6.07, 6.45) is 1.03. The molecule has 0 saturated carbocycles. The van der Waals surface area contributed by atoms with Crippen molar-refractivity contribution in [3.05, 3.63) is 69.8 Å². The Morgan fingerprint density at radius 1 is 1.05 bits per heavy atom. The standard InChI is InChI=1S/C20H21NO/c1-5-17-10-7-16(12-15(17)3)8-11-18-13-19(20(22)21-4)9-6-14(18)2/h6-7,9-10,12-13H,5H2,1-4H3,(H,21,22). The minimum Gasteiger partial charge on any atom is -0.355 e. The highest BCUT2D eigenvalue weighted by Gasteiger charge is 2.04. The molecule has 0 bridgehead atoms. The van der Waals surface area contributed by atoms with Crippen LogP contribution in [0.15, 0.2) is 36.4 Å². The summed E-state index contributed by atoms with van der Waals surface area (Å²) in [5.41, 5.74) is 6.21. The topological polar surface area (TPSA) is 29.1 Å². The van der Waals surface area contributed by atoms with E-state index in [0.29, 0.717) is 5.56 Å². The van der Waals surface area contributed by atoms with E-state index in [1.807, 2.05) is 25.1 Å². The van der Waals surface area contributed by atoms with E-state index >= 15 is 0 Å². The Kier molecular flexibility index (Phi) is 5.01. The van der Waals surface area contributed by atoms with E-state index in [1.165, 1.54) is 11.1 Å². The van der Waals surface area contributed by atoms with Crippen LogP contribution in [0, 0.1) is 25.7 Å². The molecule has 22 heavy (non-hydrogen) atoms. The molecular formula is C20H21NO. The van der Waals surface area contributed by atoms with Crippen LogP contribution in [0.2, 0.25) is 0 Å². The zero-order chi connectivity index (χ0) is 16.1.